The van der Waals surface area contributed by atoms with Crippen LogP contribution in [-0.4, -0.2) is 86.7 Å². The van der Waals surface area contributed by atoms with E-state index in [1.807, 2.05) is 0 Å². The van der Waals surface area contributed by atoms with Crippen molar-refractivity contribution in [1.82, 2.24) is 14.1 Å². The smallest absolute Gasteiger partial charge is 0.309 e. The summed E-state index contributed by atoms with van der Waals surface area (Å²) in [6.45, 7) is 7.17. The Kier molecular flexibility index (Phi) is 9.21. The molecule has 1 saturated heterocycles. The summed E-state index contributed by atoms with van der Waals surface area (Å²) in [4.78, 5) is 40.3. The summed E-state index contributed by atoms with van der Waals surface area (Å²) in [6.07, 6.45) is 1.09. The SMILES string of the molecule is CCOC(=O)C1CCN(C(=O)CN(C)C(=O)c2ccc(S(=O)(=O)N(CC)CC)cc2)CC1. The largest absolute Gasteiger partial charge is 0.466 e. The van der Waals surface area contributed by atoms with Crippen LogP contribution in [0, 0.1) is 5.92 Å². The number of hydrogen-bond acceptors (Lipinski definition) is 6. The van der Waals surface area contributed by atoms with Gasteiger partial charge in [0.05, 0.1) is 24.0 Å². The van der Waals surface area contributed by atoms with E-state index in [1.165, 1.54) is 40.5 Å². The van der Waals surface area contributed by atoms with Gasteiger partial charge >= 0.3 is 5.97 Å². The average Bonchev–Trinajstić information content (AvgIpc) is 2.79. The first-order chi connectivity index (χ1) is 15.1. The Bertz CT molecular complexity index is 904. The van der Waals surface area contributed by atoms with Crippen LogP contribution in [0.15, 0.2) is 29.2 Å². The van der Waals surface area contributed by atoms with E-state index in [-0.39, 0.29) is 35.1 Å². The van der Waals surface area contributed by atoms with E-state index >= 15 is 0 Å². The molecule has 1 aliphatic rings. The number of rotatable bonds is 9. The minimum absolute atomic E-state index is 0.0948. The maximum atomic E-state index is 12.7. The molecule has 10 heteroatoms. The van der Waals surface area contributed by atoms with E-state index in [9.17, 15) is 22.8 Å². The van der Waals surface area contributed by atoms with Crippen LogP contribution in [-0.2, 0) is 24.3 Å². The quantitative estimate of drug-likeness (QED) is 0.511. The van der Waals surface area contributed by atoms with E-state index in [0.29, 0.717) is 51.2 Å². The van der Waals surface area contributed by atoms with Gasteiger partial charge in [-0.2, -0.15) is 4.31 Å². The molecule has 1 fully saturated rings. The van der Waals surface area contributed by atoms with E-state index in [1.54, 1.807) is 25.7 Å². The van der Waals surface area contributed by atoms with Gasteiger partial charge in [-0.1, -0.05) is 13.8 Å². The molecule has 1 aliphatic heterocycles. The molecule has 32 heavy (non-hydrogen) atoms. The standard InChI is InChI=1S/C22H33N3O6S/c1-5-25(6-2)32(29,30)19-10-8-17(9-11-19)21(27)23(4)16-20(26)24-14-12-18(13-15-24)22(28)31-7-3/h8-11,18H,5-7,12-16H2,1-4H3. The van der Waals surface area contributed by atoms with Crippen LogP contribution in [0.4, 0.5) is 0 Å². The van der Waals surface area contributed by atoms with E-state index < -0.39 is 10.0 Å². The highest BCUT2D eigenvalue weighted by Gasteiger charge is 2.29. The van der Waals surface area contributed by atoms with Gasteiger partial charge in [0, 0.05) is 38.8 Å². The number of likely N-dealkylation sites (N-methyl/N-ethyl adjacent to an activating group) is 1. The Morgan fingerprint density at radius 3 is 2.09 bits per heavy atom. The summed E-state index contributed by atoms with van der Waals surface area (Å²) in [5, 5.41) is 0. The molecule has 9 nitrogen and oxygen atoms in total. The minimum atomic E-state index is -3.60. The Balaban J connectivity index is 1.95. The summed E-state index contributed by atoms with van der Waals surface area (Å²) in [5.74, 6) is -0.974. The molecule has 0 unspecified atom stereocenters. The summed E-state index contributed by atoms with van der Waals surface area (Å²) >= 11 is 0. The molecule has 2 rings (SSSR count). The van der Waals surface area contributed by atoms with Crippen LogP contribution < -0.4 is 0 Å². The third-order valence-corrected chi connectivity index (χ3v) is 7.70. The van der Waals surface area contributed by atoms with Crippen LogP contribution in [0.2, 0.25) is 0 Å². The van der Waals surface area contributed by atoms with Gasteiger partial charge in [0.1, 0.15) is 0 Å². The highest BCUT2D eigenvalue weighted by Crippen LogP contribution is 2.20. The Morgan fingerprint density at radius 1 is 1.03 bits per heavy atom. The molecule has 2 amide bonds. The van der Waals surface area contributed by atoms with Crippen molar-refractivity contribution < 1.29 is 27.5 Å². The van der Waals surface area contributed by atoms with Crippen LogP contribution in [0.5, 0.6) is 0 Å². The zero-order valence-corrected chi connectivity index (χ0v) is 20.1. The first-order valence-corrected chi connectivity index (χ1v) is 12.4. The van der Waals surface area contributed by atoms with Crippen LogP contribution in [0.1, 0.15) is 44.0 Å². The fraction of sp³-hybridized carbons (Fsp3) is 0.591. The third-order valence-electron chi connectivity index (χ3n) is 5.63. The fourth-order valence-electron chi connectivity index (χ4n) is 3.70. The lowest BCUT2D eigenvalue weighted by Gasteiger charge is -2.32. The molecule has 1 aromatic carbocycles. The van der Waals surface area contributed by atoms with Crippen molar-refractivity contribution in [3.05, 3.63) is 29.8 Å². The van der Waals surface area contributed by atoms with Gasteiger partial charge in [-0.3, -0.25) is 14.4 Å². The zero-order valence-electron chi connectivity index (χ0n) is 19.2. The van der Waals surface area contributed by atoms with Gasteiger partial charge in [-0.05, 0) is 44.0 Å². The monoisotopic (exact) mass is 467 g/mol. The molecule has 0 saturated carbocycles. The summed E-state index contributed by atoms with van der Waals surface area (Å²) in [5.41, 5.74) is 0.305. The molecule has 178 valence electrons. The van der Waals surface area contributed by atoms with Crippen molar-refractivity contribution in [2.75, 3.05) is 46.4 Å². The maximum Gasteiger partial charge on any atom is 0.309 e. The summed E-state index contributed by atoms with van der Waals surface area (Å²) in [7, 11) is -2.06. The predicted octanol–water partition coefficient (Wildman–Crippen LogP) is 1.59. The van der Waals surface area contributed by atoms with Crippen LogP contribution in [0.3, 0.4) is 0 Å². The molecule has 0 radical (unpaired) electrons. The zero-order chi connectivity index (χ0) is 23.9. The van der Waals surface area contributed by atoms with Gasteiger partial charge in [-0.25, -0.2) is 8.42 Å². The highest BCUT2D eigenvalue weighted by atomic mass is 32.2. The second kappa shape index (κ2) is 11.4. The number of likely N-dealkylation sites (tertiary alicyclic amines) is 1. The summed E-state index contributed by atoms with van der Waals surface area (Å²) < 4.78 is 31.6. The van der Waals surface area contributed by atoms with E-state index in [2.05, 4.69) is 0 Å². The van der Waals surface area contributed by atoms with Gasteiger partial charge in [0.2, 0.25) is 15.9 Å². The van der Waals surface area contributed by atoms with Crippen molar-refractivity contribution in [3.63, 3.8) is 0 Å². The predicted molar refractivity (Wildman–Crippen MR) is 119 cm³/mol. The highest BCUT2D eigenvalue weighted by molar-refractivity contribution is 7.89. The molecular weight excluding hydrogens is 434 g/mol. The number of nitrogens with zero attached hydrogens (tertiary/aromatic N) is 3. The van der Waals surface area contributed by atoms with Crippen molar-refractivity contribution in [3.8, 4) is 0 Å². The van der Waals surface area contributed by atoms with Crippen molar-refractivity contribution in [2.24, 2.45) is 5.92 Å². The van der Waals surface area contributed by atoms with Crippen molar-refractivity contribution >= 4 is 27.8 Å². The lowest BCUT2D eigenvalue weighted by molar-refractivity contribution is -0.151. The average molecular weight is 468 g/mol. The number of hydrogen-bond donors (Lipinski definition) is 0. The molecule has 0 bridgehead atoms. The molecule has 0 aromatic heterocycles. The van der Waals surface area contributed by atoms with E-state index in [4.69, 9.17) is 4.74 Å². The number of ether oxygens (including phenoxy) is 1. The lowest BCUT2D eigenvalue weighted by Crippen LogP contribution is -2.45. The Morgan fingerprint density at radius 2 is 1.59 bits per heavy atom. The second-order valence-electron chi connectivity index (χ2n) is 7.68. The molecule has 1 heterocycles. The van der Waals surface area contributed by atoms with Crippen molar-refractivity contribution in [2.45, 2.75) is 38.5 Å². The molecule has 0 atom stereocenters. The number of carbonyl (C=O) groups is 3. The number of carbonyl (C=O) groups excluding carboxylic acids is 3. The number of amides is 2. The number of esters is 1. The second-order valence-corrected chi connectivity index (χ2v) is 9.62. The molecule has 0 N–H and O–H groups in total. The first-order valence-electron chi connectivity index (χ1n) is 11.0. The summed E-state index contributed by atoms with van der Waals surface area (Å²) in [6, 6.07) is 5.75. The normalized spacial score (nSPS) is 15.0. The molecule has 1 aromatic rings. The van der Waals surface area contributed by atoms with Crippen molar-refractivity contribution in [1.29, 1.82) is 0 Å². The maximum absolute atomic E-state index is 12.7. The molecule has 0 spiro atoms. The molecule has 0 aliphatic carbocycles. The van der Waals surface area contributed by atoms with Gasteiger partial charge in [-0.15, -0.1) is 0 Å². The Labute approximate surface area is 190 Å². The van der Waals surface area contributed by atoms with Crippen LogP contribution >= 0.6 is 0 Å². The number of sulfonamides is 1. The van der Waals surface area contributed by atoms with Gasteiger partial charge in [0.25, 0.3) is 5.91 Å². The number of benzene rings is 1. The van der Waals surface area contributed by atoms with Crippen LogP contribution in [0.25, 0.3) is 0 Å². The van der Waals surface area contributed by atoms with Gasteiger partial charge < -0.3 is 14.5 Å². The van der Waals surface area contributed by atoms with Gasteiger partial charge in [0.15, 0.2) is 0 Å². The lowest BCUT2D eigenvalue weighted by atomic mass is 9.97. The minimum Gasteiger partial charge on any atom is -0.466 e. The molecular formula is C22H33N3O6S. The Hall–Kier alpha value is -2.46. The third kappa shape index (κ3) is 6.07. The van der Waals surface area contributed by atoms with E-state index in [0.717, 1.165) is 0 Å². The first kappa shape index (κ1) is 25.8. The number of piperidine rings is 1. The fourth-order valence-corrected chi connectivity index (χ4v) is 5.16. The topological polar surface area (TPSA) is 104 Å².